The van der Waals surface area contributed by atoms with Crippen molar-refractivity contribution in [1.82, 2.24) is 4.67 Å². The first-order valence-corrected chi connectivity index (χ1v) is 9.71. The van der Waals surface area contributed by atoms with Gasteiger partial charge >= 0.3 is 0 Å². The highest BCUT2D eigenvalue weighted by Crippen LogP contribution is 2.64. The van der Waals surface area contributed by atoms with E-state index in [1.165, 1.54) is 63.9 Å². The topological polar surface area (TPSA) is 3.24 Å². The van der Waals surface area contributed by atoms with Crippen molar-refractivity contribution in [3.05, 3.63) is 30.3 Å². The van der Waals surface area contributed by atoms with Gasteiger partial charge in [-0.3, -0.25) is 0 Å². The predicted octanol–water partition coefficient (Wildman–Crippen LogP) is 3.91. The summed E-state index contributed by atoms with van der Waals surface area (Å²) in [4.78, 5) is 0. The van der Waals surface area contributed by atoms with Gasteiger partial charge in [0.15, 0.2) is 0 Å². The molecule has 0 radical (unpaired) electrons. The van der Waals surface area contributed by atoms with Gasteiger partial charge in [0.1, 0.15) is 12.7 Å². The van der Waals surface area contributed by atoms with Crippen LogP contribution in [0.5, 0.6) is 0 Å². The fraction of sp³-hybridized carbons (Fsp3) is 0.625. The van der Waals surface area contributed by atoms with Crippen molar-refractivity contribution < 1.29 is 0 Å². The van der Waals surface area contributed by atoms with Crippen LogP contribution >= 0.6 is 7.41 Å². The van der Waals surface area contributed by atoms with Gasteiger partial charge in [0.2, 0.25) is 0 Å². The molecule has 2 heteroatoms. The van der Waals surface area contributed by atoms with E-state index in [9.17, 15) is 0 Å². The first-order valence-electron chi connectivity index (χ1n) is 7.60. The van der Waals surface area contributed by atoms with E-state index in [4.69, 9.17) is 0 Å². The molecular formula is C16H25NP+. The molecule has 2 aliphatic rings. The Morgan fingerprint density at radius 2 is 1.33 bits per heavy atom. The van der Waals surface area contributed by atoms with Gasteiger partial charge in [-0.1, -0.05) is 24.6 Å². The summed E-state index contributed by atoms with van der Waals surface area (Å²) in [6.07, 6.45) is 11.6. The van der Waals surface area contributed by atoms with Crippen molar-refractivity contribution in [2.24, 2.45) is 0 Å². The lowest BCUT2D eigenvalue weighted by molar-refractivity contribution is 0.361. The standard InChI is InChI=1S/C16H25NP/c1-4-10-16(11-5-1)18(14-8-3-9-15-18)17-12-6-2-7-13-17/h1,4-5,10-11H,2-3,6-9,12-15H2/q+1. The lowest BCUT2D eigenvalue weighted by Crippen LogP contribution is -2.39. The van der Waals surface area contributed by atoms with E-state index in [0.29, 0.717) is 0 Å². The summed E-state index contributed by atoms with van der Waals surface area (Å²) in [6.45, 7) is 2.73. The maximum Gasteiger partial charge on any atom is 0.115 e. The number of hydrogen-bond acceptors (Lipinski definition) is 1. The SMILES string of the molecule is c1ccc([P+]2(N3CCCCC3)CCCCC2)cc1. The molecule has 1 aromatic carbocycles. The average Bonchev–Trinajstić information content (AvgIpc) is 2.50. The van der Waals surface area contributed by atoms with E-state index in [2.05, 4.69) is 35.0 Å². The first-order chi connectivity index (χ1) is 8.92. The second-order valence-electron chi connectivity index (χ2n) is 5.78. The van der Waals surface area contributed by atoms with Gasteiger partial charge in [0, 0.05) is 13.1 Å². The largest absolute Gasteiger partial charge is 0.175 e. The molecule has 0 saturated carbocycles. The molecule has 0 spiro atoms. The zero-order valence-electron chi connectivity index (χ0n) is 11.4. The minimum atomic E-state index is -0.985. The molecule has 2 saturated heterocycles. The molecule has 2 aliphatic heterocycles. The third kappa shape index (κ3) is 2.36. The van der Waals surface area contributed by atoms with Crippen LogP contribution in [0.1, 0.15) is 38.5 Å². The molecule has 0 N–H and O–H groups in total. The van der Waals surface area contributed by atoms with Crippen molar-refractivity contribution in [1.29, 1.82) is 0 Å². The van der Waals surface area contributed by atoms with Crippen molar-refractivity contribution >= 4 is 12.7 Å². The lowest BCUT2D eigenvalue weighted by Gasteiger charge is -2.41. The molecule has 2 heterocycles. The molecule has 18 heavy (non-hydrogen) atoms. The minimum Gasteiger partial charge on any atom is -0.175 e. The smallest absolute Gasteiger partial charge is 0.115 e. The summed E-state index contributed by atoms with van der Waals surface area (Å²) in [5.41, 5.74) is 0. The molecule has 1 aromatic rings. The summed E-state index contributed by atoms with van der Waals surface area (Å²) >= 11 is 0. The summed E-state index contributed by atoms with van der Waals surface area (Å²) in [5.74, 6) is 0. The molecular weight excluding hydrogens is 237 g/mol. The summed E-state index contributed by atoms with van der Waals surface area (Å²) < 4.78 is 2.92. The first kappa shape index (κ1) is 12.6. The number of hydrogen-bond donors (Lipinski definition) is 0. The van der Waals surface area contributed by atoms with Gasteiger partial charge in [0.05, 0.1) is 12.3 Å². The van der Waals surface area contributed by atoms with Gasteiger partial charge in [0.25, 0.3) is 0 Å². The summed E-state index contributed by atoms with van der Waals surface area (Å²) in [5, 5.41) is 1.69. The second kappa shape index (κ2) is 5.72. The Labute approximate surface area is 112 Å². The highest BCUT2D eigenvalue weighted by Gasteiger charge is 2.47. The van der Waals surface area contributed by atoms with E-state index in [-0.39, 0.29) is 0 Å². The van der Waals surface area contributed by atoms with Crippen LogP contribution < -0.4 is 5.30 Å². The average molecular weight is 262 g/mol. The van der Waals surface area contributed by atoms with Crippen molar-refractivity contribution in [3.63, 3.8) is 0 Å². The van der Waals surface area contributed by atoms with Crippen molar-refractivity contribution in [2.45, 2.75) is 38.5 Å². The van der Waals surface area contributed by atoms with Crippen LogP contribution in [0.25, 0.3) is 0 Å². The Morgan fingerprint density at radius 3 is 2.00 bits per heavy atom. The van der Waals surface area contributed by atoms with Crippen LogP contribution in [-0.2, 0) is 0 Å². The van der Waals surface area contributed by atoms with Gasteiger partial charge in [-0.2, -0.15) is 4.67 Å². The summed E-state index contributed by atoms with van der Waals surface area (Å²) in [7, 11) is -0.985. The maximum absolute atomic E-state index is 2.92. The molecule has 1 nitrogen and oxygen atoms in total. The molecule has 0 atom stereocenters. The monoisotopic (exact) mass is 262 g/mol. The van der Waals surface area contributed by atoms with Crippen LogP contribution in [0.4, 0.5) is 0 Å². The number of piperidine rings is 1. The Morgan fingerprint density at radius 1 is 0.722 bits per heavy atom. The number of rotatable bonds is 2. The molecule has 3 rings (SSSR count). The highest BCUT2D eigenvalue weighted by atomic mass is 31.2. The van der Waals surface area contributed by atoms with Crippen LogP contribution in [-0.4, -0.2) is 30.1 Å². The zero-order valence-corrected chi connectivity index (χ0v) is 12.2. The highest BCUT2D eigenvalue weighted by molar-refractivity contribution is 7.80. The van der Waals surface area contributed by atoms with E-state index in [0.717, 1.165) is 0 Å². The minimum absolute atomic E-state index is 0.985. The molecule has 0 bridgehead atoms. The molecule has 0 aromatic heterocycles. The van der Waals surface area contributed by atoms with Gasteiger partial charge in [-0.15, -0.1) is 0 Å². The van der Waals surface area contributed by atoms with Crippen LogP contribution in [0.3, 0.4) is 0 Å². The lowest BCUT2D eigenvalue weighted by atomic mass is 10.2. The Bertz CT molecular complexity index is 364. The van der Waals surface area contributed by atoms with E-state index < -0.39 is 7.41 Å². The third-order valence-corrected chi connectivity index (χ3v) is 9.52. The fourth-order valence-corrected chi connectivity index (χ4v) is 8.61. The van der Waals surface area contributed by atoms with E-state index in [1.807, 2.05) is 0 Å². The quantitative estimate of drug-likeness (QED) is 0.730. The Kier molecular flexibility index (Phi) is 4.01. The number of nitrogens with zero attached hydrogens (tertiary/aromatic N) is 1. The number of benzene rings is 1. The Balaban J connectivity index is 1.92. The van der Waals surface area contributed by atoms with Crippen molar-refractivity contribution in [2.75, 3.05) is 25.4 Å². The summed E-state index contributed by atoms with van der Waals surface area (Å²) in [6, 6.07) is 11.5. The third-order valence-electron chi connectivity index (χ3n) is 4.67. The van der Waals surface area contributed by atoms with Crippen LogP contribution in [0, 0.1) is 0 Å². The second-order valence-corrected chi connectivity index (χ2v) is 9.60. The van der Waals surface area contributed by atoms with Gasteiger partial charge < -0.3 is 0 Å². The molecule has 98 valence electrons. The maximum atomic E-state index is 2.92. The zero-order chi connectivity index (χ0) is 12.3. The van der Waals surface area contributed by atoms with E-state index in [1.54, 1.807) is 5.30 Å². The fourth-order valence-electron chi connectivity index (χ4n) is 3.71. The predicted molar refractivity (Wildman–Crippen MR) is 82.0 cm³/mol. The molecule has 2 fully saturated rings. The van der Waals surface area contributed by atoms with Gasteiger partial charge in [-0.25, -0.2) is 0 Å². The molecule has 0 aliphatic carbocycles. The Hall–Kier alpha value is -0.390. The van der Waals surface area contributed by atoms with Gasteiger partial charge in [-0.05, 0) is 44.2 Å². The van der Waals surface area contributed by atoms with E-state index >= 15 is 0 Å². The molecule has 0 amide bonds. The van der Waals surface area contributed by atoms with Crippen molar-refractivity contribution in [3.8, 4) is 0 Å². The van der Waals surface area contributed by atoms with Crippen LogP contribution in [0.2, 0.25) is 0 Å². The molecule has 0 unspecified atom stereocenters. The normalized spacial score (nSPS) is 24.9. The van der Waals surface area contributed by atoms with Crippen LogP contribution in [0.15, 0.2) is 30.3 Å².